The van der Waals surface area contributed by atoms with E-state index in [1.807, 2.05) is 13.8 Å². The van der Waals surface area contributed by atoms with Gasteiger partial charge in [0.2, 0.25) is 5.91 Å². The summed E-state index contributed by atoms with van der Waals surface area (Å²) in [6, 6.07) is 0. The van der Waals surface area contributed by atoms with Gasteiger partial charge in [-0.3, -0.25) is 4.79 Å². The molecule has 7 heteroatoms. The van der Waals surface area contributed by atoms with Crippen molar-refractivity contribution in [2.45, 2.75) is 38.4 Å². The number of amides is 1. The normalized spacial score (nSPS) is 23.6. The average Bonchev–Trinajstić information content (AvgIpc) is 2.34. The topological polar surface area (TPSA) is 80.5 Å². The minimum atomic E-state index is -3.29. The third-order valence-corrected chi connectivity index (χ3v) is 6.09. The maximum absolute atomic E-state index is 12.4. The summed E-state index contributed by atoms with van der Waals surface area (Å²) in [5.74, 6) is -0.290. The number of carbonyl (C=O) groups is 1. The highest BCUT2D eigenvalue weighted by molar-refractivity contribution is 7.92. The van der Waals surface area contributed by atoms with Crippen LogP contribution in [-0.4, -0.2) is 48.3 Å². The molecule has 110 valence electrons. The number of sulfone groups is 1. The number of nitrogens with zero attached hydrogens (tertiary/aromatic N) is 1. The Hall–Kier alpha value is -0.690. The van der Waals surface area contributed by atoms with Crippen molar-refractivity contribution in [3.05, 3.63) is 0 Å². The molecule has 0 bridgehead atoms. The zero-order chi connectivity index (χ0) is 14.6. The molecule has 0 aliphatic carbocycles. The van der Waals surface area contributed by atoms with Crippen molar-refractivity contribution in [2.75, 3.05) is 18.8 Å². The van der Waals surface area contributed by atoms with Crippen LogP contribution in [0.3, 0.4) is 0 Å². The summed E-state index contributed by atoms with van der Waals surface area (Å²) in [5.41, 5.74) is 5.55. The lowest BCUT2D eigenvalue weighted by Crippen LogP contribution is -2.47. The molecule has 1 aliphatic heterocycles. The van der Waals surface area contributed by atoms with Crippen LogP contribution in [0.5, 0.6) is 0 Å². The van der Waals surface area contributed by atoms with Crippen molar-refractivity contribution in [3.63, 3.8) is 0 Å². The van der Waals surface area contributed by atoms with E-state index < -0.39 is 15.1 Å². The SMILES string of the molecule is CCN(CC(C)C(N)=S)C(=O)C1CCCCS1(=O)=O. The standard InChI is InChI=1S/C12H22N2O3S2/c1-3-14(8-9(2)11(13)18)12(15)10-6-4-5-7-19(10,16)17/h9-10H,3-8H2,1-2H3,(H2,13,18). The molecule has 0 saturated carbocycles. The quantitative estimate of drug-likeness (QED) is 0.757. The van der Waals surface area contributed by atoms with Gasteiger partial charge >= 0.3 is 0 Å². The smallest absolute Gasteiger partial charge is 0.240 e. The average molecular weight is 306 g/mol. The fourth-order valence-corrected chi connectivity index (χ4v) is 4.18. The second kappa shape index (κ2) is 6.65. The Morgan fingerprint density at radius 1 is 1.47 bits per heavy atom. The van der Waals surface area contributed by atoms with Crippen LogP contribution in [-0.2, 0) is 14.6 Å². The maximum atomic E-state index is 12.4. The van der Waals surface area contributed by atoms with E-state index in [1.54, 1.807) is 4.90 Å². The molecular weight excluding hydrogens is 284 g/mol. The van der Waals surface area contributed by atoms with Crippen molar-refractivity contribution in [1.82, 2.24) is 4.90 Å². The molecule has 19 heavy (non-hydrogen) atoms. The van der Waals surface area contributed by atoms with Crippen LogP contribution in [0.25, 0.3) is 0 Å². The fraction of sp³-hybridized carbons (Fsp3) is 0.833. The highest BCUT2D eigenvalue weighted by atomic mass is 32.2. The van der Waals surface area contributed by atoms with Gasteiger partial charge < -0.3 is 10.6 Å². The number of rotatable bonds is 5. The van der Waals surface area contributed by atoms with E-state index in [1.165, 1.54) is 0 Å². The summed E-state index contributed by atoms with van der Waals surface area (Å²) in [6.45, 7) is 4.53. The maximum Gasteiger partial charge on any atom is 0.240 e. The summed E-state index contributed by atoms with van der Waals surface area (Å²) in [7, 11) is -3.29. The van der Waals surface area contributed by atoms with E-state index in [0.717, 1.165) is 6.42 Å². The van der Waals surface area contributed by atoms with Crippen LogP contribution >= 0.6 is 12.2 Å². The highest BCUT2D eigenvalue weighted by Gasteiger charge is 2.37. The summed E-state index contributed by atoms with van der Waals surface area (Å²) in [6.07, 6.45) is 1.87. The zero-order valence-electron chi connectivity index (χ0n) is 11.5. The van der Waals surface area contributed by atoms with Crippen LogP contribution in [0.15, 0.2) is 0 Å². The van der Waals surface area contributed by atoms with E-state index in [9.17, 15) is 13.2 Å². The van der Waals surface area contributed by atoms with E-state index in [-0.39, 0.29) is 17.6 Å². The molecule has 1 amide bonds. The summed E-state index contributed by atoms with van der Waals surface area (Å²) in [5, 5.41) is -0.875. The molecule has 1 heterocycles. The van der Waals surface area contributed by atoms with Gasteiger partial charge in [0.15, 0.2) is 9.84 Å². The summed E-state index contributed by atoms with van der Waals surface area (Å²) in [4.78, 5) is 14.3. The van der Waals surface area contributed by atoms with Gasteiger partial charge in [-0.2, -0.15) is 0 Å². The van der Waals surface area contributed by atoms with Gasteiger partial charge in [-0.1, -0.05) is 25.6 Å². The molecule has 0 radical (unpaired) electrons. The number of hydrogen-bond acceptors (Lipinski definition) is 4. The van der Waals surface area contributed by atoms with Gasteiger partial charge in [0.25, 0.3) is 0 Å². The lowest BCUT2D eigenvalue weighted by molar-refractivity contribution is -0.131. The molecular formula is C12H22N2O3S2. The van der Waals surface area contributed by atoms with Gasteiger partial charge in [0.05, 0.1) is 10.7 Å². The Kier molecular flexibility index (Phi) is 5.73. The first-order valence-corrected chi connectivity index (χ1v) is 8.71. The Bertz CT molecular complexity index is 448. The molecule has 2 unspecified atom stereocenters. The largest absolute Gasteiger partial charge is 0.393 e. The minimum Gasteiger partial charge on any atom is -0.393 e. The molecule has 1 rings (SSSR count). The number of carbonyl (C=O) groups excluding carboxylic acids is 1. The van der Waals surface area contributed by atoms with Crippen molar-refractivity contribution in [1.29, 1.82) is 0 Å². The van der Waals surface area contributed by atoms with Gasteiger partial charge in [-0.15, -0.1) is 0 Å². The predicted octanol–water partition coefficient (Wildman–Crippen LogP) is 0.724. The second-order valence-electron chi connectivity index (χ2n) is 5.03. The van der Waals surface area contributed by atoms with Gasteiger partial charge in [-0.25, -0.2) is 8.42 Å². The van der Waals surface area contributed by atoms with Crippen LogP contribution in [0, 0.1) is 5.92 Å². The van der Waals surface area contributed by atoms with Crippen molar-refractivity contribution >= 4 is 33.0 Å². The second-order valence-corrected chi connectivity index (χ2v) is 7.81. The molecule has 0 spiro atoms. The zero-order valence-corrected chi connectivity index (χ0v) is 13.1. The van der Waals surface area contributed by atoms with Crippen molar-refractivity contribution in [3.8, 4) is 0 Å². The van der Waals surface area contributed by atoms with E-state index >= 15 is 0 Å². The van der Waals surface area contributed by atoms with E-state index in [4.69, 9.17) is 18.0 Å². The first-order valence-electron chi connectivity index (χ1n) is 6.59. The monoisotopic (exact) mass is 306 g/mol. The first kappa shape index (κ1) is 16.4. The summed E-state index contributed by atoms with van der Waals surface area (Å²) < 4.78 is 23.9. The predicted molar refractivity (Wildman–Crippen MR) is 79.6 cm³/mol. The number of nitrogens with two attached hydrogens (primary N) is 1. The van der Waals surface area contributed by atoms with Crippen molar-refractivity contribution in [2.24, 2.45) is 11.7 Å². The Balaban J connectivity index is 2.80. The Morgan fingerprint density at radius 2 is 2.11 bits per heavy atom. The molecule has 1 saturated heterocycles. The highest BCUT2D eigenvalue weighted by Crippen LogP contribution is 2.21. The number of hydrogen-bond donors (Lipinski definition) is 1. The third kappa shape index (κ3) is 4.14. The van der Waals surface area contributed by atoms with Crippen LogP contribution < -0.4 is 5.73 Å². The molecule has 1 aliphatic rings. The third-order valence-electron chi connectivity index (χ3n) is 3.53. The molecule has 5 nitrogen and oxygen atoms in total. The lowest BCUT2D eigenvalue weighted by Gasteiger charge is -2.30. The molecule has 0 aromatic rings. The van der Waals surface area contributed by atoms with Crippen LogP contribution in [0.2, 0.25) is 0 Å². The first-order chi connectivity index (χ1) is 8.79. The molecule has 2 atom stereocenters. The van der Waals surface area contributed by atoms with E-state index in [0.29, 0.717) is 30.9 Å². The minimum absolute atomic E-state index is 0.106. The van der Waals surface area contributed by atoms with Gasteiger partial charge in [0, 0.05) is 19.0 Å². The molecule has 0 aromatic heterocycles. The van der Waals surface area contributed by atoms with Crippen LogP contribution in [0.1, 0.15) is 33.1 Å². The van der Waals surface area contributed by atoms with E-state index in [2.05, 4.69) is 0 Å². The fourth-order valence-electron chi connectivity index (χ4n) is 2.23. The van der Waals surface area contributed by atoms with Crippen LogP contribution in [0.4, 0.5) is 0 Å². The Morgan fingerprint density at radius 3 is 2.58 bits per heavy atom. The lowest BCUT2D eigenvalue weighted by atomic mass is 10.1. The van der Waals surface area contributed by atoms with Gasteiger partial charge in [-0.05, 0) is 19.8 Å². The van der Waals surface area contributed by atoms with Gasteiger partial charge in [0.1, 0.15) is 5.25 Å². The molecule has 2 N–H and O–H groups in total. The number of thiocarbonyl (C=S) groups is 1. The summed E-state index contributed by atoms with van der Waals surface area (Å²) >= 11 is 4.89. The molecule has 0 aromatic carbocycles. The van der Waals surface area contributed by atoms with Crippen molar-refractivity contribution < 1.29 is 13.2 Å². The molecule has 1 fully saturated rings. The Labute approximate surface area is 120 Å².